The summed E-state index contributed by atoms with van der Waals surface area (Å²) >= 11 is 12.7. The molecule has 0 saturated heterocycles. The molecule has 0 fully saturated rings. The molecule has 5 heteroatoms. The van der Waals surface area contributed by atoms with Gasteiger partial charge >= 0.3 is 0 Å². The third kappa shape index (κ3) is 3.05. The lowest BCUT2D eigenvalue weighted by atomic mass is 10.2. The van der Waals surface area contributed by atoms with Crippen molar-refractivity contribution in [1.82, 2.24) is 0 Å². The van der Waals surface area contributed by atoms with Crippen molar-refractivity contribution in [3.63, 3.8) is 0 Å². The molecule has 2 aromatic rings. The summed E-state index contributed by atoms with van der Waals surface area (Å²) in [5.41, 5.74) is 2.42. The molecule has 0 spiro atoms. The molecule has 0 radical (unpaired) electrons. The quantitative estimate of drug-likeness (QED) is 0.742. The third-order valence-electron chi connectivity index (χ3n) is 2.30. The van der Waals surface area contributed by atoms with E-state index in [1.54, 1.807) is 12.1 Å². The monoisotopic (exact) mass is 384 g/mol. The summed E-state index contributed by atoms with van der Waals surface area (Å²) in [6.45, 7) is 0. The number of hydrogen-bond acceptors (Lipinski definition) is 2. The van der Waals surface area contributed by atoms with E-state index >= 15 is 0 Å². The highest BCUT2D eigenvalue weighted by molar-refractivity contribution is 9.11. The Hall–Kier alpha value is -1.02. The van der Waals surface area contributed by atoms with Crippen molar-refractivity contribution in [3.05, 3.63) is 55.9 Å². The Labute approximate surface area is 127 Å². The van der Waals surface area contributed by atoms with Crippen molar-refractivity contribution in [2.75, 3.05) is 5.32 Å². The van der Waals surface area contributed by atoms with E-state index in [4.69, 9.17) is 16.9 Å². The molecule has 0 bridgehead atoms. The normalized spacial score (nSPS) is 9.89. The highest BCUT2D eigenvalue weighted by Crippen LogP contribution is 2.30. The summed E-state index contributed by atoms with van der Waals surface area (Å²) in [5.74, 6) is 0. The Kier molecular flexibility index (Phi) is 4.28. The van der Waals surface area contributed by atoms with Gasteiger partial charge in [-0.2, -0.15) is 5.26 Å². The van der Waals surface area contributed by atoms with E-state index in [-0.39, 0.29) is 0 Å². The zero-order valence-electron chi connectivity index (χ0n) is 9.05. The van der Waals surface area contributed by atoms with Gasteiger partial charge < -0.3 is 5.32 Å². The molecule has 2 aromatic carbocycles. The van der Waals surface area contributed by atoms with E-state index in [1.807, 2.05) is 24.3 Å². The van der Waals surface area contributed by atoms with Crippen LogP contribution in [-0.4, -0.2) is 0 Å². The van der Waals surface area contributed by atoms with Crippen LogP contribution in [0.2, 0.25) is 5.02 Å². The van der Waals surface area contributed by atoms with Crippen LogP contribution in [-0.2, 0) is 0 Å². The number of halogens is 3. The van der Waals surface area contributed by atoms with Crippen molar-refractivity contribution in [2.24, 2.45) is 0 Å². The van der Waals surface area contributed by atoms with Crippen LogP contribution in [0.25, 0.3) is 0 Å². The molecule has 0 aromatic heterocycles. The molecule has 18 heavy (non-hydrogen) atoms. The summed E-state index contributed by atoms with van der Waals surface area (Å²) in [5, 5.41) is 12.7. The molecule has 90 valence electrons. The van der Waals surface area contributed by atoms with Crippen molar-refractivity contribution in [1.29, 1.82) is 5.26 Å². The number of nitriles is 1. The van der Waals surface area contributed by atoms with Crippen LogP contribution >= 0.6 is 43.5 Å². The summed E-state index contributed by atoms with van der Waals surface area (Å²) in [7, 11) is 0. The fourth-order valence-electron chi connectivity index (χ4n) is 1.42. The van der Waals surface area contributed by atoms with Crippen molar-refractivity contribution in [2.45, 2.75) is 0 Å². The SMILES string of the molecule is N#Cc1ccc(Nc2ccc(Cl)c(Br)c2)c(Br)c1. The van der Waals surface area contributed by atoms with Crippen LogP contribution in [0, 0.1) is 11.3 Å². The van der Waals surface area contributed by atoms with E-state index in [1.165, 1.54) is 0 Å². The molecule has 0 aliphatic rings. The zero-order valence-corrected chi connectivity index (χ0v) is 13.0. The Balaban J connectivity index is 2.29. The van der Waals surface area contributed by atoms with Crippen LogP contribution in [0.4, 0.5) is 11.4 Å². The van der Waals surface area contributed by atoms with Crippen LogP contribution < -0.4 is 5.32 Å². The Morgan fingerprint density at radius 2 is 1.83 bits per heavy atom. The minimum atomic E-state index is 0.615. The second-order valence-corrected chi connectivity index (χ2v) is 5.68. The van der Waals surface area contributed by atoms with Gasteiger partial charge in [0.25, 0.3) is 0 Å². The van der Waals surface area contributed by atoms with E-state index < -0.39 is 0 Å². The summed E-state index contributed by atoms with van der Waals surface area (Å²) < 4.78 is 1.67. The number of nitrogens with zero attached hydrogens (tertiary/aromatic N) is 1. The Morgan fingerprint density at radius 1 is 1.06 bits per heavy atom. The molecule has 0 atom stereocenters. The average molecular weight is 386 g/mol. The molecule has 0 aliphatic carbocycles. The first-order chi connectivity index (χ1) is 8.60. The second-order valence-electron chi connectivity index (χ2n) is 3.56. The van der Waals surface area contributed by atoms with E-state index in [0.717, 1.165) is 20.3 Å². The minimum Gasteiger partial charge on any atom is -0.355 e. The van der Waals surface area contributed by atoms with Crippen LogP contribution in [0.15, 0.2) is 45.3 Å². The predicted molar refractivity (Wildman–Crippen MR) is 81.3 cm³/mol. The van der Waals surface area contributed by atoms with E-state index in [0.29, 0.717) is 10.6 Å². The van der Waals surface area contributed by atoms with Gasteiger partial charge in [0.05, 0.1) is 22.3 Å². The minimum absolute atomic E-state index is 0.615. The molecule has 0 unspecified atom stereocenters. The predicted octanol–water partition coefficient (Wildman–Crippen LogP) is 5.48. The molecule has 0 heterocycles. The van der Waals surface area contributed by atoms with Crippen molar-refractivity contribution >= 4 is 54.8 Å². The first-order valence-electron chi connectivity index (χ1n) is 5.02. The summed E-state index contributed by atoms with van der Waals surface area (Å²) in [4.78, 5) is 0. The number of nitrogens with one attached hydrogen (secondary N) is 1. The van der Waals surface area contributed by atoms with Gasteiger partial charge in [0.2, 0.25) is 0 Å². The van der Waals surface area contributed by atoms with Crippen LogP contribution in [0.5, 0.6) is 0 Å². The van der Waals surface area contributed by atoms with E-state index in [2.05, 4.69) is 43.2 Å². The maximum absolute atomic E-state index is 8.80. The highest BCUT2D eigenvalue weighted by atomic mass is 79.9. The highest BCUT2D eigenvalue weighted by Gasteiger charge is 2.03. The molecular formula is C13H7Br2ClN2. The molecule has 0 aliphatic heterocycles. The second kappa shape index (κ2) is 5.75. The molecule has 2 rings (SSSR count). The van der Waals surface area contributed by atoms with Gasteiger partial charge in [0.15, 0.2) is 0 Å². The third-order valence-corrected chi connectivity index (χ3v) is 4.17. The van der Waals surface area contributed by atoms with Gasteiger partial charge in [-0.05, 0) is 68.3 Å². The maximum Gasteiger partial charge on any atom is 0.0992 e. The topological polar surface area (TPSA) is 35.8 Å². The molecule has 0 amide bonds. The first-order valence-corrected chi connectivity index (χ1v) is 6.98. The smallest absolute Gasteiger partial charge is 0.0992 e. The van der Waals surface area contributed by atoms with Gasteiger partial charge in [0.1, 0.15) is 0 Å². The van der Waals surface area contributed by atoms with Gasteiger partial charge in [-0.1, -0.05) is 11.6 Å². The molecular weight excluding hydrogens is 379 g/mol. The standard InChI is InChI=1S/C13H7Br2ClN2/c14-10-6-9(2-3-12(10)16)18-13-4-1-8(7-17)5-11(13)15/h1-6,18H. The molecule has 0 saturated carbocycles. The number of hydrogen-bond donors (Lipinski definition) is 1. The molecule has 1 N–H and O–H groups in total. The molecule has 2 nitrogen and oxygen atoms in total. The van der Waals surface area contributed by atoms with Crippen LogP contribution in [0.1, 0.15) is 5.56 Å². The Bertz CT molecular complexity index is 635. The number of benzene rings is 2. The van der Waals surface area contributed by atoms with Gasteiger partial charge in [0, 0.05) is 14.6 Å². The fourth-order valence-corrected chi connectivity index (χ4v) is 2.39. The van der Waals surface area contributed by atoms with Crippen molar-refractivity contribution < 1.29 is 0 Å². The zero-order chi connectivity index (χ0) is 13.1. The first kappa shape index (κ1) is 13.4. The van der Waals surface area contributed by atoms with Gasteiger partial charge in [-0.3, -0.25) is 0 Å². The lowest BCUT2D eigenvalue weighted by Crippen LogP contribution is -1.92. The average Bonchev–Trinajstić information content (AvgIpc) is 2.36. The lowest BCUT2D eigenvalue weighted by Gasteiger charge is -2.09. The summed E-state index contributed by atoms with van der Waals surface area (Å²) in [6.07, 6.45) is 0. The largest absolute Gasteiger partial charge is 0.355 e. The number of anilines is 2. The lowest BCUT2D eigenvalue weighted by molar-refractivity contribution is 1.46. The Morgan fingerprint density at radius 3 is 2.44 bits per heavy atom. The fraction of sp³-hybridized carbons (Fsp3) is 0. The van der Waals surface area contributed by atoms with Gasteiger partial charge in [-0.25, -0.2) is 0 Å². The number of rotatable bonds is 2. The maximum atomic E-state index is 8.80. The van der Waals surface area contributed by atoms with Gasteiger partial charge in [-0.15, -0.1) is 0 Å². The summed E-state index contributed by atoms with van der Waals surface area (Å²) in [6, 6.07) is 13.1. The van der Waals surface area contributed by atoms with Crippen LogP contribution in [0.3, 0.4) is 0 Å². The van der Waals surface area contributed by atoms with E-state index in [9.17, 15) is 0 Å². The van der Waals surface area contributed by atoms with Crippen molar-refractivity contribution in [3.8, 4) is 6.07 Å².